The van der Waals surface area contributed by atoms with Gasteiger partial charge in [-0.05, 0) is 0 Å². The van der Waals surface area contributed by atoms with E-state index < -0.39 is 0 Å². The summed E-state index contributed by atoms with van der Waals surface area (Å²) in [6.45, 7) is 1.25. The number of hydrogen-bond donors (Lipinski definition) is 1. The second kappa shape index (κ2) is 1.17. The van der Waals surface area contributed by atoms with E-state index in [0.717, 1.165) is 0 Å². The van der Waals surface area contributed by atoms with E-state index in [9.17, 15) is 0 Å². The first kappa shape index (κ1) is 1.92. The highest BCUT2D eigenvalue weighted by atomic mass is 15.0. The van der Waals surface area contributed by atoms with E-state index in [1.807, 2.05) is 0 Å². The van der Waals surface area contributed by atoms with Crippen molar-refractivity contribution in [2.24, 2.45) is 4.99 Å². The standard InChI is InChI=1S/C3H6N2/c1-2-5-3-4-1/h1,5H,2-3H2/i/hD. The van der Waals surface area contributed by atoms with E-state index in [2.05, 4.69) is 4.99 Å². The Morgan fingerprint density at radius 3 is 3.40 bits per heavy atom. The maximum Gasteiger partial charge on any atom is 0.124 e. The molecule has 5 heavy (non-hydrogen) atoms. The highest BCUT2D eigenvalue weighted by molar-refractivity contribution is 5.61. The fourth-order valence-corrected chi connectivity index (χ4v) is 0.289. The van der Waals surface area contributed by atoms with Crippen molar-refractivity contribution in [3.8, 4) is 0 Å². The third-order valence-electron chi connectivity index (χ3n) is 0.521. The zero-order chi connectivity index (χ0) is 4.41. The SMILES string of the molecule is [2H]N1CC=NC1. The summed E-state index contributed by atoms with van der Waals surface area (Å²) >= 11 is 0. The van der Waals surface area contributed by atoms with Gasteiger partial charge in [-0.1, -0.05) is 0 Å². The van der Waals surface area contributed by atoms with Gasteiger partial charge in [0.2, 0.25) is 0 Å². The van der Waals surface area contributed by atoms with Crippen LogP contribution in [0.25, 0.3) is 0 Å². The maximum atomic E-state index is 6.84. The lowest BCUT2D eigenvalue weighted by molar-refractivity contribution is 0.851. The fraction of sp³-hybridized carbons (Fsp3) is 0.667. The summed E-state index contributed by atoms with van der Waals surface area (Å²) in [7, 11) is 0. The van der Waals surface area contributed by atoms with Gasteiger partial charge in [0.1, 0.15) is 1.41 Å². The average molecular weight is 71.1 g/mol. The fourth-order valence-electron chi connectivity index (χ4n) is 0.289. The third-order valence-corrected chi connectivity index (χ3v) is 0.521. The van der Waals surface area contributed by atoms with Crippen LogP contribution in [0.1, 0.15) is 0 Å². The van der Waals surface area contributed by atoms with Crippen molar-refractivity contribution >= 4 is 6.21 Å². The Kier molecular flexibility index (Phi) is 0.451. The molecule has 0 radical (unpaired) electrons. The van der Waals surface area contributed by atoms with Gasteiger partial charge in [-0.2, -0.15) is 0 Å². The molecule has 28 valence electrons. The van der Waals surface area contributed by atoms with Gasteiger partial charge in [-0.3, -0.25) is 10.3 Å². The molecule has 2 nitrogen and oxygen atoms in total. The number of aliphatic imine (C=N–C) groups is 1. The molecule has 0 bridgehead atoms. The second-order valence-corrected chi connectivity index (χ2v) is 0.913. The average Bonchev–Trinajstić information content (AvgIpc) is 1.86. The van der Waals surface area contributed by atoms with Gasteiger partial charge in [-0.25, -0.2) is 0 Å². The Labute approximate surface area is 32.4 Å². The minimum absolute atomic E-state index is 0.556. The smallest absolute Gasteiger partial charge is 0.124 e. The Morgan fingerprint density at radius 1 is 2.20 bits per heavy atom. The van der Waals surface area contributed by atoms with Crippen LogP contribution in [-0.4, -0.2) is 19.4 Å². The van der Waals surface area contributed by atoms with Crippen LogP contribution < -0.4 is 5.31 Å². The minimum atomic E-state index is 0.556. The van der Waals surface area contributed by atoms with Crippen LogP contribution in [0, 0.1) is 0 Å². The van der Waals surface area contributed by atoms with Crippen LogP contribution in [-0.2, 0) is 0 Å². The Balaban J connectivity index is 2.32. The van der Waals surface area contributed by atoms with E-state index in [-0.39, 0.29) is 0 Å². The number of hydrogen-bond acceptors (Lipinski definition) is 2. The summed E-state index contributed by atoms with van der Waals surface area (Å²) in [6, 6.07) is 0. The lowest BCUT2D eigenvalue weighted by Crippen LogP contribution is -2.06. The van der Waals surface area contributed by atoms with E-state index in [0.29, 0.717) is 13.2 Å². The molecule has 0 aromatic rings. The highest BCUT2D eigenvalue weighted by Gasteiger charge is 1.82. The number of nitrogens with zero attached hydrogens (tertiary/aromatic N) is 1. The first-order valence-electron chi connectivity index (χ1n) is 2.06. The molecule has 0 aliphatic carbocycles. The molecule has 1 N–H and O–H groups in total. The number of rotatable bonds is 0. The molecule has 0 atom stereocenters. The topological polar surface area (TPSA) is 24.4 Å². The van der Waals surface area contributed by atoms with Gasteiger partial charge in [-0.15, -0.1) is 0 Å². The molecular weight excluding hydrogens is 64.0 g/mol. The summed E-state index contributed by atoms with van der Waals surface area (Å²) in [5.74, 6) is 0. The van der Waals surface area contributed by atoms with Crippen LogP contribution in [0.4, 0.5) is 0 Å². The normalized spacial score (nSPS) is 27.6. The predicted molar refractivity (Wildman–Crippen MR) is 21.4 cm³/mol. The monoisotopic (exact) mass is 71.1 g/mol. The maximum absolute atomic E-state index is 6.84. The number of nitrogens with one attached hydrogen (secondary N) is 1. The molecule has 0 aromatic carbocycles. The molecule has 1 heterocycles. The zero-order valence-corrected chi connectivity index (χ0v) is 2.89. The predicted octanol–water partition coefficient (Wildman–Crippen LogP) is -0.382. The van der Waals surface area contributed by atoms with E-state index in [4.69, 9.17) is 1.41 Å². The van der Waals surface area contributed by atoms with Gasteiger partial charge in [0, 0.05) is 12.8 Å². The van der Waals surface area contributed by atoms with Gasteiger partial charge in [0.15, 0.2) is 0 Å². The molecule has 0 aromatic heterocycles. The Hall–Kier alpha value is -0.370. The van der Waals surface area contributed by atoms with Gasteiger partial charge >= 0.3 is 0 Å². The largest absolute Gasteiger partial charge is 0.293 e. The highest BCUT2D eigenvalue weighted by Crippen LogP contribution is 1.67. The van der Waals surface area contributed by atoms with E-state index in [1.54, 1.807) is 6.21 Å². The van der Waals surface area contributed by atoms with Crippen molar-refractivity contribution in [1.82, 2.24) is 5.31 Å². The Bertz CT molecular complexity index is 63.2. The van der Waals surface area contributed by atoms with Crippen LogP contribution in [0.2, 0.25) is 1.41 Å². The van der Waals surface area contributed by atoms with Crippen molar-refractivity contribution in [2.75, 3.05) is 13.2 Å². The van der Waals surface area contributed by atoms with Crippen molar-refractivity contribution in [2.45, 2.75) is 0 Å². The first-order valence-corrected chi connectivity index (χ1v) is 1.62. The van der Waals surface area contributed by atoms with Crippen LogP contribution >= 0.6 is 0 Å². The van der Waals surface area contributed by atoms with Gasteiger partial charge < -0.3 is 0 Å². The van der Waals surface area contributed by atoms with Crippen molar-refractivity contribution in [1.29, 1.82) is 0 Å². The van der Waals surface area contributed by atoms with Crippen molar-refractivity contribution < 1.29 is 1.41 Å². The molecule has 1 rings (SSSR count). The lowest BCUT2D eigenvalue weighted by Gasteiger charge is -1.75. The molecule has 0 saturated carbocycles. The summed E-state index contributed by atoms with van der Waals surface area (Å²) in [4.78, 5) is 3.78. The minimum Gasteiger partial charge on any atom is -0.293 e. The summed E-state index contributed by atoms with van der Waals surface area (Å²) in [6.07, 6.45) is 1.74. The van der Waals surface area contributed by atoms with Crippen LogP contribution in [0.5, 0.6) is 0 Å². The molecule has 0 unspecified atom stereocenters. The zero-order valence-electron chi connectivity index (χ0n) is 3.89. The quantitative estimate of drug-likeness (QED) is 0.413. The molecule has 0 saturated heterocycles. The summed E-state index contributed by atoms with van der Waals surface area (Å²) in [5.41, 5.74) is 0. The lowest BCUT2D eigenvalue weighted by atomic mass is 10.8. The van der Waals surface area contributed by atoms with Crippen molar-refractivity contribution in [3.05, 3.63) is 0 Å². The van der Waals surface area contributed by atoms with Crippen LogP contribution in [0.3, 0.4) is 0 Å². The van der Waals surface area contributed by atoms with Gasteiger partial charge in [0.25, 0.3) is 0 Å². The molecule has 0 amide bonds. The molecule has 1 aliphatic rings. The second-order valence-electron chi connectivity index (χ2n) is 0.913. The third kappa shape index (κ3) is 0.450. The first-order chi connectivity index (χ1) is 2.89. The van der Waals surface area contributed by atoms with E-state index in [1.165, 1.54) is 5.31 Å². The molecule has 0 fully saturated rings. The van der Waals surface area contributed by atoms with Crippen LogP contribution in [0.15, 0.2) is 4.99 Å². The Morgan fingerprint density at radius 2 is 3.20 bits per heavy atom. The van der Waals surface area contributed by atoms with Crippen molar-refractivity contribution in [3.63, 3.8) is 0 Å². The van der Waals surface area contributed by atoms with E-state index >= 15 is 0 Å². The molecule has 2 heteroatoms. The molecule has 0 spiro atoms. The van der Waals surface area contributed by atoms with Gasteiger partial charge in [0.05, 0.1) is 6.67 Å². The summed E-state index contributed by atoms with van der Waals surface area (Å²) < 4.78 is 6.84. The molecule has 1 aliphatic heterocycles. The summed E-state index contributed by atoms with van der Waals surface area (Å²) in [5, 5.41) is 1.39. The molecular formula is C3H6N2.